The van der Waals surface area contributed by atoms with Gasteiger partial charge in [-0.2, -0.15) is 5.10 Å². The summed E-state index contributed by atoms with van der Waals surface area (Å²) in [6, 6.07) is 16.2. The second kappa shape index (κ2) is 7.75. The summed E-state index contributed by atoms with van der Waals surface area (Å²) in [7, 11) is 0. The van der Waals surface area contributed by atoms with E-state index in [1.165, 1.54) is 11.3 Å². The van der Waals surface area contributed by atoms with Gasteiger partial charge in [-0.15, -0.1) is 11.3 Å². The lowest BCUT2D eigenvalue weighted by atomic mass is 10.1. The van der Waals surface area contributed by atoms with E-state index in [1.807, 2.05) is 55.6 Å². The Hall–Kier alpha value is -2.66. The fourth-order valence-electron chi connectivity index (χ4n) is 2.17. The van der Waals surface area contributed by atoms with E-state index in [4.69, 9.17) is 4.74 Å². The summed E-state index contributed by atoms with van der Waals surface area (Å²) in [5.41, 5.74) is 7.15. The number of hydrogen-bond acceptors (Lipinski definition) is 5. The first-order chi connectivity index (χ1) is 11.7. The zero-order chi connectivity index (χ0) is 16.8. The van der Waals surface area contributed by atoms with Gasteiger partial charge in [0.2, 0.25) is 5.13 Å². The minimum absolute atomic E-state index is 0.532. The molecular formula is C19H19N3OS. The van der Waals surface area contributed by atoms with Crippen molar-refractivity contribution in [2.75, 3.05) is 5.43 Å². The van der Waals surface area contributed by atoms with Crippen molar-refractivity contribution in [3.63, 3.8) is 0 Å². The lowest BCUT2D eigenvalue weighted by Gasteiger charge is -2.10. The summed E-state index contributed by atoms with van der Waals surface area (Å²) in [6.07, 6.45) is 1.76. The molecule has 0 amide bonds. The van der Waals surface area contributed by atoms with Gasteiger partial charge >= 0.3 is 0 Å². The van der Waals surface area contributed by atoms with Gasteiger partial charge < -0.3 is 4.74 Å². The van der Waals surface area contributed by atoms with Crippen molar-refractivity contribution >= 4 is 22.7 Å². The van der Waals surface area contributed by atoms with Gasteiger partial charge in [-0.1, -0.05) is 36.4 Å². The number of aryl methyl sites for hydroxylation is 2. The van der Waals surface area contributed by atoms with E-state index in [0.29, 0.717) is 6.61 Å². The Morgan fingerprint density at radius 2 is 2.00 bits per heavy atom. The highest BCUT2D eigenvalue weighted by molar-refractivity contribution is 7.13. The molecule has 2 aromatic carbocycles. The predicted molar refractivity (Wildman–Crippen MR) is 100 cm³/mol. The molecule has 4 nitrogen and oxygen atoms in total. The second-order valence-electron chi connectivity index (χ2n) is 5.48. The zero-order valence-electron chi connectivity index (χ0n) is 13.7. The van der Waals surface area contributed by atoms with Crippen LogP contribution in [-0.2, 0) is 6.61 Å². The maximum atomic E-state index is 5.98. The summed E-state index contributed by atoms with van der Waals surface area (Å²) in [5.74, 6) is 0.819. The van der Waals surface area contributed by atoms with E-state index in [-0.39, 0.29) is 0 Å². The van der Waals surface area contributed by atoms with Crippen molar-refractivity contribution < 1.29 is 4.74 Å². The van der Waals surface area contributed by atoms with Gasteiger partial charge in [0.1, 0.15) is 12.4 Å². The van der Waals surface area contributed by atoms with Crippen molar-refractivity contribution in [1.29, 1.82) is 0 Å². The largest absolute Gasteiger partial charge is 0.488 e. The first-order valence-corrected chi connectivity index (χ1v) is 8.57. The van der Waals surface area contributed by atoms with E-state index >= 15 is 0 Å². The second-order valence-corrected chi connectivity index (χ2v) is 6.34. The van der Waals surface area contributed by atoms with Gasteiger partial charge in [-0.25, -0.2) is 4.98 Å². The molecule has 3 rings (SSSR count). The Labute approximate surface area is 145 Å². The minimum Gasteiger partial charge on any atom is -0.488 e. The average molecular weight is 337 g/mol. The summed E-state index contributed by atoms with van der Waals surface area (Å²) in [6.45, 7) is 4.54. The molecule has 1 aromatic heterocycles. The number of nitrogens with zero attached hydrogens (tertiary/aromatic N) is 2. The molecule has 0 aliphatic heterocycles. The van der Waals surface area contributed by atoms with Crippen molar-refractivity contribution in [2.24, 2.45) is 5.10 Å². The average Bonchev–Trinajstić information content (AvgIpc) is 3.01. The van der Waals surface area contributed by atoms with E-state index in [9.17, 15) is 0 Å². The highest BCUT2D eigenvalue weighted by atomic mass is 32.1. The SMILES string of the molecule is Cc1ccc(C=NNc2nc(C)cs2)c(OCc2ccccc2)c1. The van der Waals surface area contributed by atoms with Crippen molar-refractivity contribution in [3.05, 3.63) is 76.3 Å². The molecule has 0 aliphatic carbocycles. The molecule has 0 aliphatic rings. The third kappa shape index (κ3) is 4.43. The van der Waals surface area contributed by atoms with Gasteiger partial charge in [-0.05, 0) is 37.1 Å². The monoisotopic (exact) mass is 337 g/mol. The Bertz CT molecular complexity index is 828. The topological polar surface area (TPSA) is 46.5 Å². The molecule has 1 heterocycles. The summed E-state index contributed by atoms with van der Waals surface area (Å²) >= 11 is 1.53. The number of nitrogens with one attached hydrogen (secondary N) is 1. The molecule has 0 atom stereocenters. The first kappa shape index (κ1) is 16.2. The molecule has 3 aromatic rings. The zero-order valence-corrected chi connectivity index (χ0v) is 14.5. The van der Waals surface area contributed by atoms with E-state index in [0.717, 1.165) is 33.3 Å². The van der Waals surface area contributed by atoms with Crippen LogP contribution in [0.5, 0.6) is 5.75 Å². The quantitative estimate of drug-likeness (QED) is 0.520. The molecule has 24 heavy (non-hydrogen) atoms. The number of anilines is 1. The predicted octanol–water partition coefficient (Wildman–Crippen LogP) is 4.78. The molecule has 0 bridgehead atoms. The number of hydrazone groups is 1. The van der Waals surface area contributed by atoms with Crippen LogP contribution in [0.2, 0.25) is 0 Å². The number of thiazole rings is 1. The third-order valence-electron chi connectivity index (χ3n) is 3.39. The highest BCUT2D eigenvalue weighted by Crippen LogP contribution is 2.20. The number of aromatic nitrogens is 1. The summed E-state index contributed by atoms with van der Waals surface area (Å²) < 4.78 is 5.98. The smallest absolute Gasteiger partial charge is 0.203 e. The van der Waals surface area contributed by atoms with Crippen LogP contribution in [0.25, 0.3) is 0 Å². The maximum Gasteiger partial charge on any atom is 0.203 e. The Morgan fingerprint density at radius 1 is 1.17 bits per heavy atom. The van der Waals surface area contributed by atoms with Gasteiger partial charge in [0.25, 0.3) is 0 Å². The van der Waals surface area contributed by atoms with E-state index < -0.39 is 0 Å². The normalized spacial score (nSPS) is 10.9. The summed E-state index contributed by atoms with van der Waals surface area (Å²) in [4.78, 5) is 4.32. The van der Waals surface area contributed by atoms with Crippen LogP contribution in [0.3, 0.4) is 0 Å². The Balaban J connectivity index is 1.70. The van der Waals surface area contributed by atoms with Crippen molar-refractivity contribution in [1.82, 2.24) is 4.98 Å². The molecule has 0 spiro atoms. The molecule has 0 radical (unpaired) electrons. The van der Waals surface area contributed by atoms with Crippen LogP contribution in [0, 0.1) is 13.8 Å². The fraction of sp³-hybridized carbons (Fsp3) is 0.158. The lowest BCUT2D eigenvalue weighted by Crippen LogP contribution is -1.99. The number of benzene rings is 2. The van der Waals surface area contributed by atoms with E-state index in [1.54, 1.807) is 6.21 Å². The van der Waals surface area contributed by atoms with Gasteiger partial charge in [0, 0.05) is 10.9 Å². The lowest BCUT2D eigenvalue weighted by molar-refractivity contribution is 0.305. The fourth-order valence-corrected chi connectivity index (χ4v) is 2.81. The van der Waals surface area contributed by atoms with Crippen LogP contribution in [0.1, 0.15) is 22.4 Å². The molecule has 5 heteroatoms. The number of hydrogen-bond donors (Lipinski definition) is 1. The Kier molecular flexibility index (Phi) is 5.23. The first-order valence-electron chi connectivity index (χ1n) is 7.69. The molecule has 122 valence electrons. The molecule has 0 fully saturated rings. The van der Waals surface area contributed by atoms with Gasteiger partial charge in [0.15, 0.2) is 0 Å². The van der Waals surface area contributed by atoms with Crippen LogP contribution in [0.4, 0.5) is 5.13 Å². The minimum atomic E-state index is 0.532. The van der Waals surface area contributed by atoms with Crippen LogP contribution >= 0.6 is 11.3 Å². The van der Waals surface area contributed by atoms with Crippen LogP contribution in [0.15, 0.2) is 59.0 Å². The highest BCUT2D eigenvalue weighted by Gasteiger charge is 2.03. The van der Waals surface area contributed by atoms with Gasteiger partial charge in [0.05, 0.1) is 11.9 Å². The van der Waals surface area contributed by atoms with E-state index in [2.05, 4.69) is 27.6 Å². The van der Waals surface area contributed by atoms with Crippen LogP contribution < -0.4 is 10.2 Å². The molecule has 0 saturated heterocycles. The Morgan fingerprint density at radius 3 is 2.75 bits per heavy atom. The van der Waals surface area contributed by atoms with Crippen molar-refractivity contribution in [2.45, 2.75) is 20.5 Å². The molecular weight excluding hydrogens is 318 g/mol. The maximum absolute atomic E-state index is 5.98. The third-order valence-corrected chi connectivity index (χ3v) is 4.25. The molecule has 1 N–H and O–H groups in total. The standard InChI is InChI=1S/C19H19N3OS/c1-14-8-9-17(11-20-22-19-21-15(2)13-24-19)18(10-14)23-12-16-6-4-3-5-7-16/h3-11,13H,12H2,1-2H3,(H,21,22). The molecule has 0 unspecified atom stereocenters. The number of rotatable bonds is 6. The van der Waals surface area contributed by atoms with Crippen LogP contribution in [-0.4, -0.2) is 11.2 Å². The van der Waals surface area contributed by atoms with Crippen molar-refractivity contribution in [3.8, 4) is 5.75 Å². The van der Waals surface area contributed by atoms with Gasteiger partial charge in [-0.3, -0.25) is 5.43 Å². The molecule has 0 saturated carbocycles. The summed E-state index contributed by atoms with van der Waals surface area (Å²) in [5, 5.41) is 7.03. The number of ether oxygens (including phenoxy) is 1.